The molecule has 1 rings (SSSR count). The van der Waals surface area contributed by atoms with E-state index in [4.69, 9.17) is 0 Å². The van der Waals surface area contributed by atoms with Gasteiger partial charge in [0.15, 0.2) is 0 Å². The minimum absolute atomic E-state index is 0.362. The third-order valence-electron chi connectivity index (χ3n) is 2.35. The van der Waals surface area contributed by atoms with Crippen molar-refractivity contribution in [2.45, 2.75) is 13.8 Å². The Morgan fingerprint density at radius 3 is 2.47 bits per heavy atom. The summed E-state index contributed by atoms with van der Waals surface area (Å²) in [6, 6.07) is 5.61. The molecule has 4 heteroatoms. The molecule has 0 aliphatic rings. The Morgan fingerprint density at radius 1 is 1.18 bits per heavy atom. The predicted octanol–water partition coefficient (Wildman–Crippen LogP) is 1.97. The molecule has 1 N–H and O–H groups in total. The summed E-state index contributed by atoms with van der Waals surface area (Å²) < 4.78 is 4.38. The lowest BCUT2D eigenvalue weighted by Crippen LogP contribution is -2.09. The van der Waals surface area contributed by atoms with E-state index < -0.39 is 5.97 Å². The van der Waals surface area contributed by atoms with E-state index in [-0.39, 0.29) is 5.91 Å². The zero-order valence-electron chi connectivity index (χ0n) is 10.1. The number of methoxy groups -OCH3 is 1. The van der Waals surface area contributed by atoms with Gasteiger partial charge in [0.05, 0.1) is 7.11 Å². The minimum Gasteiger partial charge on any atom is -0.466 e. The van der Waals surface area contributed by atoms with Crippen LogP contribution < -0.4 is 5.32 Å². The second kappa shape index (κ2) is 5.84. The lowest BCUT2D eigenvalue weighted by atomic mass is 10.1. The number of anilines is 1. The van der Waals surface area contributed by atoms with Crippen LogP contribution in [0.5, 0.6) is 0 Å². The summed E-state index contributed by atoms with van der Waals surface area (Å²) in [6.07, 6.45) is 2.22. The fourth-order valence-corrected chi connectivity index (χ4v) is 1.21. The zero-order valence-corrected chi connectivity index (χ0v) is 10.1. The first-order valence-electron chi connectivity index (χ1n) is 5.17. The highest BCUT2D eigenvalue weighted by Gasteiger charge is 2.00. The number of rotatable bonds is 3. The molecule has 0 fully saturated rings. The number of esters is 1. The second-order valence-corrected chi connectivity index (χ2v) is 3.64. The Kier molecular flexibility index (Phi) is 4.46. The van der Waals surface area contributed by atoms with Crippen molar-refractivity contribution in [3.05, 3.63) is 41.5 Å². The fourth-order valence-electron chi connectivity index (χ4n) is 1.21. The highest BCUT2D eigenvalue weighted by molar-refractivity contribution is 6.02. The van der Waals surface area contributed by atoms with Crippen molar-refractivity contribution < 1.29 is 14.3 Å². The first kappa shape index (κ1) is 13.0. The molecule has 1 amide bonds. The van der Waals surface area contributed by atoms with Gasteiger partial charge in [-0.05, 0) is 37.1 Å². The molecule has 0 saturated heterocycles. The largest absolute Gasteiger partial charge is 0.466 e. The van der Waals surface area contributed by atoms with E-state index in [1.54, 1.807) is 0 Å². The van der Waals surface area contributed by atoms with E-state index in [2.05, 4.69) is 10.1 Å². The van der Waals surface area contributed by atoms with Gasteiger partial charge in [0.1, 0.15) is 0 Å². The molecule has 4 nitrogen and oxygen atoms in total. The number of amides is 1. The molecule has 17 heavy (non-hydrogen) atoms. The van der Waals surface area contributed by atoms with E-state index in [0.717, 1.165) is 23.3 Å². The van der Waals surface area contributed by atoms with E-state index in [0.29, 0.717) is 5.69 Å². The predicted molar refractivity (Wildman–Crippen MR) is 65.7 cm³/mol. The van der Waals surface area contributed by atoms with Crippen molar-refractivity contribution in [3.63, 3.8) is 0 Å². The Balaban J connectivity index is 2.65. The summed E-state index contributed by atoms with van der Waals surface area (Å²) in [7, 11) is 1.26. The average Bonchev–Trinajstić information content (AvgIpc) is 2.31. The summed E-state index contributed by atoms with van der Waals surface area (Å²) in [5.74, 6) is -0.918. The smallest absolute Gasteiger partial charge is 0.330 e. The molecule has 0 bridgehead atoms. The number of hydrogen-bond acceptors (Lipinski definition) is 3. The van der Waals surface area contributed by atoms with Gasteiger partial charge >= 0.3 is 5.97 Å². The number of benzene rings is 1. The van der Waals surface area contributed by atoms with Crippen molar-refractivity contribution >= 4 is 17.6 Å². The molecule has 0 aliphatic carbocycles. The lowest BCUT2D eigenvalue weighted by molar-refractivity contribution is -0.135. The van der Waals surface area contributed by atoms with Gasteiger partial charge < -0.3 is 10.1 Å². The second-order valence-electron chi connectivity index (χ2n) is 3.64. The maximum absolute atomic E-state index is 11.4. The minimum atomic E-state index is -0.555. The fraction of sp³-hybridized carbons (Fsp3) is 0.231. The van der Waals surface area contributed by atoms with Gasteiger partial charge in [-0.1, -0.05) is 6.07 Å². The molecule has 0 heterocycles. The van der Waals surface area contributed by atoms with Gasteiger partial charge in [0.2, 0.25) is 5.91 Å². The van der Waals surface area contributed by atoms with Crippen molar-refractivity contribution in [2.24, 2.45) is 0 Å². The van der Waals surface area contributed by atoms with Crippen molar-refractivity contribution in [1.82, 2.24) is 0 Å². The molecular weight excluding hydrogens is 218 g/mol. The monoisotopic (exact) mass is 233 g/mol. The first-order valence-corrected chi connectivity index (χ1v) is 5.17. The van der Waals surface area contributed by atoms with Gasteiger partial charge in [0.25, 0.3) is 0 Å². The molecule has 0 saturated carbocycles. The van der Waals surface area contributed by atoms with Crippen molar-refractivity contribution in [1.29, 1.82) is 0 Å². The number of nitrogens with one attached hydrogen (secondary N) is 1. The molecule has 1 aromatic rings. The van der Waals surface area contributed by atoms with Gasteiger partial charge in [-0.3, -0.25) is 4.79 Å². The maximum atomic E-state index is 11.4. The van der Waals surface area contributed by atoms with Crippen LogP contribution in [0.4, 0.5) is 5.69 Å². The van der Waals surface area contributed by atoms with Crippen LogP contribution in [0.25, 0.3) is 0 Å². The average molecular weight is 233 g/mol. The topological polar surface area (TPSA) is 55.4 Å². The molecule has 0 aromatic heterocycles. The van der Waals surface area contributed by atoms with Crippen LogP contribution in [0.2, 0.25) is 0 Å². The Bertz CT molecular complexity index is 464. The maximum Gasteiger partial charge on any atom is 0.330 e. The van der Waals surface area contributed by atoms with E-state index in [1.807, 2.05) is 32.0 Å². The highest BCUT2D eigenvalue weighted by Crippen LogP contribution is 2.13. The van der Waals surface area contributed by atoms with Crippen LogP contribution in [0.15, 0.2) is 30.4 Å². The molecule has 1 aromatic carbocycles. The Hall–Kier alpha value is -2.10. The van der Waals surface area contributed by atoms with Crippen LogP contribution in [0.3, 0.4) is 0 Å². The SMILES string of the molecule is COC(=O)/C=C\C(=O)Nc1ccc(C)c(C)c1. The van der Waals surface area contributed by atoms with Crippen LogP contribution in [-0.4, -0.2) is 19.0 Å². The first-order chi connectivity index (χ1) is 8.02. The number of carbonyl (C=O) groups is 2. The Morgan fingerprint density at radius 2 is 1.88 bits per heavy atom. The molecule has 90 valence electrons. The third kappa shape index (κ3) is 4.10. The van der Waals surface area contributed by atoms with Gasteiger partial charge in [-0.2, -0.15) is 0 Å². The lowest BCUT2D eigenvalue weighted by Gasteiger charge is -2.05. The van der Waals surface area contributed by atoms with E-state index in [1.165, 1.54) is 7.11 Å². The number of hydrogen-bond donors (Lipinski definition) is 1. The summed E-state index contributed by atoms with van der Waals surface area (Å²) in [5.41, 5.74) is 2.96. The van der Waals surface area contributed by atoms with Crippen LogP contribution >= 0.6 is 0 Å². The summed E-state index contributed by atoms with van der Waals surface area (Å²) in [5, 5.41) is 2.66. The summed E-state index contributed by atoms with van der Waals surface area (Å²) in [4.78, 5) is 22.2. The molecule has 0 radical (unpaired) electrons. The number of ether oxygens (including phenoxy) is 1. The molecule has 0 atom stereocenters. The molecule has 0 unspecified atom stereocenters. The standard InChI is InChI=1S/C13H15NO3/c1-9-4-5-11(8-10(9)2)14-12(15)6-7-13(16)17-3/h4-8H,1-3H3,(H,14,15)/b7-6-. The molecule has 0 spiro atoms. The van der Waals surface area contributed by atoms with E-state index in [9.17, 15) is 9.59 Å². The van der Waals surface area contributed by atoms with E-state index >= 15 is 0 Å². The normalized spacial score (nSPS) is 10.3. The molecule has 0 aliphatic heterocycles. The van der Waals surface area contributed by atoms with Crippen LogP contribution in [-0.2, 0) is 14.3 Å². The summed E-state index contributed by atoms with van der Waals surface area (Å²) >= 11 is 0. The van der Waals surface area contributed by atoms with Crippen molar-refractivity contribution in [2.75, 3.05) is 12.4 Å². The van der Waals surface area contributed by atoms with Crippen molar-refractivity contribution in [3.8, 4) is 0 Å². The highest BCUT2D eigenvalue weighted by atomic mass is 16.5. The zero-order chi connectivity index (χ0) is 12.8. The Labute approximate surface area is 100 Å². The quantitative estimate of drug-likeness (QED) is 0.641. The summed E-state index contributed by atoms with van der Waals surface area (Å²) in [6.45, 7) is 3.97. The third-order valence-corrected chi connectivity index (χ3v) is 2.35. The number of aryl methyl sites for hydroxylation is 2. The van der Waals surface area contributed by atoms with Gasteiger partial charge in [0, 0.05) is 17.8 Å². The van der Waals surface area contributed by atoms with Gasteiger partial charge in [-0.25, -0.2) is 4.79 Å². The number of carbonyl (C=O) groups excluding carboxylic acids is 2. The van der Waals surface area contributed by atoms with Gasteiger partial charge in [-0.15, -0.1) is 0 Å². The molecular formula is C13H15NO3. The van der Waals surface area contributed by atoms with Crippen LogP contribution in [0.1, 0.15) is 11.1 Å². The van der Waals surface area contributed by atoms with Crippen LogP contribution in [0, 0.1) is 13.8 Å².